The molecule has 1 rings (SSSR count). The molecule has 1 aromatic rings. The van der Waals surface area contributed by atoms with Crippen molar-refractivity contribution in [2.75, 3.05) is 31.6 Å². The molecule has 0 heterocycles. The Morgan fingerprint density at radius 3 is 2.41 bits per heavy atom. The Kier molecular flexibility index (Phi) is 5.84. The molecular formula is C14H24N2O. The van der Waals surface area contributed by atoms with Crippen LogP contribution in [0.2, 0.25) is 0 Å². The van der Waals surface area contributed by atoms with Crippen LogP contribution in [0.1, 0.15) is 20.8 Å². The minimum Gasteiger partial charge on any atom is -0.494 e. The molecule has 0 spiro atoms. The molecule has 0 bridgehead atoms. The van der Waals surface area contributed by atoms with Crippen molar-refractivity contribution in [3.8, 4) is 5.75 Å². The van der Waals surface area contributed by atoms with Crippen molar-refractivity contribution in [2.24, 2.45) is 0 Å². The van der Waals surface area contributed by atoms with Crippen molar-refractivity contribution in [3.63, 3.8) is 0 Å². The van der Waals surface area contributed by atoms with Crippen molar-refractivity contribution in [3.05, 3.63) is 24.3 Å². The average molecular weight is 236 g/mol. The maximum absolute atomic E-state index is 5.42. The Morgan fingerprint density at radius 2 is 1.88 bits per heavy atom. The van der Waals surface area contributed by atoms with Gasteiger partial charge in [-0.3, -0.25) is 0 Å². The van der Waals surface area contributed by atoms with Gasteiger partial charge in [-0.05, 0) is 31.2 Å². The Morgan fingerprint density at radius 1 is 1.24 bits per heavy atom. The lowest BCUT2D eigenvalue weighted by Crippen LogP contribution is -2.32. The number of anilines is 1. The molecule has 17 heavy (non-hydrogen) atoms. The predicted molar refractivity (Wildman–Crippen MR) is 74.0 cm³/mol. The molecule has 0 saturated heterocycles. The molecule has 0 aliphatic carbocycles. The van der Waals surface area contributed by atoms with Gasteiger partial charge in [0.25, 0.3) is 0 Å². The summed E-state index contributed by atoms with van der Waals surface area (Å²) < 4.78 is 5.42. The van der Waals surface area contributed by atoms with Crippen LogP contribution in [0.4, 0.5) is 5.69 Å². The zero-order valence-electron chi connectivity index (χ0n) is 11.4. The van der Waals surface area contributed by atoms with Crippen LogP contribution in [-0.2, 0) is 0 Å². The number of nitrogens with zero attached hydrogens (tertiary/aromatic N) is 1. The Bertz CT molecular complexity index is 309. The molecule has 0 amide bonds. The molecule has 0 radical (unpaired) electrons. The van der Waals surface area contributed by atoms with Crippen molar-refractivity contribution >= 4 is 5.69 Å². The van der Waals surface area contributed by atoms with Crippen molar-refractivity contribution in [1.82, 2.24) is 5.32 Å². The molecule has 0 aliphatic heterocycles. The van der Waals surface area contributed by atoms with Gasteiger partial charge in [0.2, 0.25) is 0 Å². The summed E-state index contributed by atoms with van der Waals surface area (Å²) in [6.45, 7) is 9.05. The first-order valence-corrected chi connectivity index (χ1v) is 6.31. The van der Waals surface area contributed by atoms with Gasteiger partial charge < -0.3 is 15.0 Å². The first-order chi connectivity index (χ1) is 8.13. The molecule has 0 aromatic heterocycles. The molecule has 0 saturated carbocycles. The zero-order valence-corrected chi connectivity index (χ0v) is 11.4. The van der Waals surface area contributed by atoms with Crippen LogP contribution in [0.3, 0.4) is 0 Å². The maximum atomic E-state index is 5.42. The van der Waals surface area contributed by atoms with Gasteiger partial charge in [0.1, 0.15) is 5.75 Å². The smallest absolute Gasteiger partial charge is 0.119 e. The van der Waals surface area contributed by atoms with Crippen LogP contribution in [0, 0.1) is 0 Å². The third kappa shape index (κ3) is 5.09. The number of hydrogen-bond acceptors (Lipinski definition) is 3. The van der Waals surface area contributed by atoms with Crippen LogP contribution in [0.25, 0.3) is 0 Å². The molecule has 1 N–H and O–H groups in total. The average Bonchev–Trinajstić information content (AvgIpc) is 2.30. The predicted octanol–water partition coefficient (Wildman–Crippen LogP) is 2.52. The first-order valence-electron chi connectivity index (χ1n) is 6.31. The van der Waals surface area contributed by atoms with Gasteiger partial charge in [-0.15, -0.1) is 0 Å². The second kappa shape index (κ2) is 7.17. The van der Waals surface area contributed by atoms with Crippen LogP contribution in [0.15, 0.2) is 24.3 Å². The summed E-state index contributed by atoms with van der Waals surface area (Å²) in [5, 5.41) is 3.41. The Balaban J connectivity index is 2.43. The molecule has 0 fully saturated rings. The fourth-order valence-electron chi connectivity index (χ4n) is 1.61. The summed E-state index contributed by atoms with van der Waals surface area (Å²) in [6.07, 6.45) is 0. The zero-order chi connectivity index (χ0) is 12.7. The van der Waals surface area contributed by atoms with Gasteiger partial charge >= 0.3 is 0 Å². The number of likely N-dealkylation sites (N-methyl/N-ethyl adjacent to an activating group) is 1. The summed E-state index contributed by atoms with van der Waals surface area (Å²) >= 11 is 0. The number of rotatable bonds is 7. The van der Waals surface area contributed by atoms with E-state index in [0.29, 0.717) is 12.6 Å². The van der Waals surface area contributed by atoms with Crippen LogP contribution < -0.4 is 15.0 Å². The summed E-state index contributed by atoms with van der Waals surface area (Å²) in [7, 11) is 2.11. The van der Waals surface area contributed by atoms with Crippen molar-refractivity contribution in [1.29, 1.82) is 0 Å². The number of ether oxygens (including phenoxy) is 1. The van der Waals surface area contributed by atoms with E-state index in [1.165, 1.54) is 5.69 Å². The topological polar surface area (TPSA) is 24.5 Å². The van der Waals surface area contributed by atoms with E-state index in [4.69, 9.17) is 4.74 Å². The van der Waals surface area contributed by atoms with Gasteiger partial charge in [0.15, 0.2) is 0 Å². The third-order valence-electron chi connectivity index (χ3n) is 2.59. The van der Waals surface area contributed by atoms with Crippen LogP contribution in [-0.4, -0.2) is 32.8 Å². The highest BCUT2D eigenvalue weighted by Gasteiger charge is 2.01. The van der Waals surface area contributed by atoms with E-state index in [9.17, 15) is 0 Å². The molecule has 3 nitrogen and oxygen atoms in total. The summed E-state index contributed by atoms with van der Waals surface area (Å²) in [4.78, 5) is 2.24. The highest BCUT2D eigenvalue weighted by molar-refractivity contribution is 5.48. The molecule has 0 aliphatic rings. The number of nitrogens with one attached hydrogen (secondary N) is 1. The van der Waals surface area contributed by atoms with Crippen molar-refractivity contribution in [2.45, 2.75) is 26.8 Å². The fourth-order valence-corrected chi connectivity index (χ4v) is 1.61. The lowest BCUT2D eigenvalue weighted by molar-refractivity contribution is 0.340. The van der Waals surface area contributed by atoms with Crippen LogP contribution in [0.5, 0.6) is 5.75 Å². The lowest BCUT2D eigenvalue weighted by Gasteiger charge is -2.20. The highest BCUT2D eigenvalue weighted by atomic mass is 16.5. The van der Waals surface area contributed by atoms with Gasteiger partial charge in [0, 0.05) is 31.9 Å². The van der Waals surface area contributed by atoms with Crippen LogP contribution >= 0.6 is 0 Å². The summed E-state index contributed by atoms with van der Waals surface area (Å²) in [5.41, 5.74) is 1.22. The SMILES string of the molecule is CCOc1ccc(N(C)CCNC(C)C)cc1. The molecule has 0 atom stereocenters. The monoisotopic (exact) mass is 236 g/mol. The van der Waals surface area contributed by atoms with Gasteiger partial charge in [-0.1, -0.05) is 13.8 Å². The summed E-state index contributed by atoms with van der Waals surface area (Å²) in [5.74, 6) is 0.935. The van der Waals surface area contributed by atoms with E-state index in [0.717, 1.165) is 18.8 Å². The van der Waals surface area contributed by atoms with Gasteiger partial charge in [-0.25, -0.2) is 0 Å². The minimum absolute atomic E-state index is 0.545. The molecule has 96 valence electrons. The van der Waals surface area contributed by atoms with Crippen molar-refractivity contribution < 1.29 is 4.74 Å². The van der Waals surface area contributed by atoms with Gasteiger partial charge in [-0.2, -0.15) is 0 Å². The number of benzene rings is 1. The number of hydrogen-bond donors (Lipinski definition) is 1. The Hall–Kier alpha value is -1.22. The standard InChI is InChI=1S/C14H24N2O/c1-5-17-14-8-6-13(7-9-14)16(4)11-10-15-12(2)3/h6-9,12,15H,5,10-11H2,1-4H3. The summed E-state index contributed by atoms with van der Waals surface area (Å²) in [6, 6.07) is 8.78. The minimum atomic E-state index is 0.545. The fraction of sp³-hybridized carbons (Fsp3) is 0.571. The third-order valence-corrected chi connectivity index (χ3v) is 2.59. The van der Waals surface area contributed by atoms with E-state index < -0.39 is 0 Å². The van der Waals surface area contributed by atoms with E-state index in [2.05, 4.69) is 43.2 Å². The highest BCUT2D eigenvalue weighted by Crippen LogP contribution is 2.18. The molecular weight excluding hydrogens is 212 g/mol. The first kappa shape index (κ1) is 13.8. The Labute approximate surface area is 105 Å². The van der Waals surface area contributed by atoms with E-state index >= 15 is 0 Å². The van der Waals surface area contributed by atoms with E-state index in [1.807, 2.05) is 19.1 Å². The lowest BCUT2D eigenvalue weighted by atomic mass is 10.3. The molecule has 3 heteroatoms. The van der Waals surface area contributed by atoms with Gasteiger partial charge in [0.05, 0.1) is 6.61 Å². The second-order valence-corrected chi connectivity index (χ2v) is 4.46. The molecule has 0 unspecified atom stereocenters. The second-order valence-electron chi connectivity index (χ2n) is 4.46. The van der Waals surface area contributed by atoms with E-state index in [-0.39, 0.29) is 0 Å². The quantitative estimate of drug-likeness (QED) is 0.787. The maximum Gasteiger partial charge on any atom is 0.119 e. The molecule has 1 aromatic carbocycles. The normalized spacial score (nSPS) is 10.6. The largest absolute Gasteiger partial charge is 0.494 e. The van der Waals surface area contributed by atoms with E-state index in [1.54, 1.807) is 0 Å².